The maximum Gasteiger partial charge on any atom is 0.335 e. The molecular formula is C22H16N4O5. The Balaban J connectivity index is 1.64. The summed E-state index contributed by atoms with van der Waals surface area (Å²) < 4.78 is 1.81. The first-order valence-corrected chi connectivity index (χ1v) is 9.22. The Bertz CT molecular complexity index is 1250. The number of anilines is 1. The van der Waals surface area contributed by atoms with E-state index in [1.165, 1.54) is 41.4 Å². The molecule has 2 heterocycles. The number of nitro groups is 1. The summed E-state index contributed by atoms with van der Waals surface area (Å²) in [6.45, 7) is 1.72. The summed E-state index contributed by atoms with van der Waals surface area (Å²) >= 11 is 0. The van der Waals surface area contributed by atoms with Crippen molar-refractivity contribution in [3.63, 3.8) is 0 Å². The van der Waals surface area contributed by atoms with Gasteiger partial charge in [0.1, 0.15) is 0 Å². The van der Waals surface area contributed by atoms with Crippen molar-refractivity contribution in [1.82, 2.24) is 4.57 Å². The SMILES string of the molecule is CC1=NN(c2ccc(C(=O)O)cc2)C(=O)C1=Cc1cccn1-c1ccc([N+](=O)[O-])cc1. The van der Waals surface area contributed by atoms with Crippen molar-refractivity contribution in [3.05, 3.63) is 93.8 Å². The highest BCUT2D eigenvalue weighted by molar-refractivity contribution is 6.32. The minimum absolute atomic E-state index is 0.00526. The van der Waals surface area contributed by atoms with Crippen molar-refractivity contribution in [3.8, 4) is 5.69 Å². The second-order valence-electron chi connectivity index (χ2n) is 6.79. The van der Waals surface area contributed by atoms with Gasteiger partial charge < -0.3 is 9.67 Å². The molecular weight excluding hydrogens is 400 g/mol. The third-order valence-corrected chi connectivity index (χ3v) is 4.83. The molecule has 2 aromatic carbocycles. The molecule has 0 atom stereocenters. The minimum Gasteiger partial charge on any atom is -0.478 e. The number of aromatic carboxylic acids is 1. The highest BCUT2D eigenvalue weighted by Crippen LogP contribution is 2.26. The summed E-state index contributed by atoms with van der Waals surface area (Å²) in [6, 6.07) is 15.6. The van der Waals surface area contributed by atoms with Crippen LogP contribution in [0.25, 0.3) is 11.8 Å². The molecule has 9 nitrogen and oxygen atoms in total. The molecule has 0 saturated carbocycles. The van der Waals surface area contributed by atoms with Gasteiger partial charge >= 0.3 is 5.97 Å². The van der Waals surface area contributed by atoms with Crippen molar-refractivity contribution < 1.29 is 19.6 Å². The fourth-order valence-corrected chi connectivity index (χ4v) is 3.23. The molecule has 1 aromatic heterocycles. The molecule has 0 bridgehead atoms. The maximum absolute atomic E-state index is 13.0. The van der Waals surface area contributed by atoms with Crippen molar-refractivity contribution in [2.75, 3.05) is 5.01 Å². The number of nitro benzene ring substituents is 1. The van der Waals surface area contributed by atoms with Gasteiger partial charge in [0.05, 0.1) is 27.5 Å². The van der Waals surface area contributed by atoms with Gasteiger partial charge in [-0.05, 0) is 61.5 Å². The van der Waals surface area contributed by atoms with Gasteiger partial charge in [0.25, 0.3) is 11.6 Å². The van der Waals surface area contributed by atoms with Gasteiger partial charge in [-0.3, -0.25) is 14.9 Å². The third-order valence-electron chi connectivity index (χ3n) is 4.83. The zero-order chi connectivity index (χ0) is 22.1. The molecule has 3 aromatic rings. The number of rotatable bonds is 5. The van der Waals surface area contributed by atoms with Gasteiger partial charge in [0.15, 0.2) is 0 Å². The summed E-state index contributed by atoms with van der Waals surface area (Å²) in [5.74, 6) is -1.39. The first-order chi connectivity index (χ1) is 14.8. The average Bonchev–Trinajstić information content (AvgIpc) is 3.34. The lowest BCUT2D eigenvalue weighted by atomic mass is 10.1. The van der Waals surface area contributed by atoms with Crippen molar-refractivity contribution in [2.24, 2.45) is 5.10 Å². The Labute approximate surface area is 176 Å². The molecule has 0 saturated heterocycles. The smallest absolute Gasteiger partial charge is 0.335 e. The second-order valence-corrected chi connectivity index (χ2v) is 6.79. The number of hydrogen-bond donors (Lipinski definition) is 1. The fourth-order valence-electron chi connectivity index (χ4n) is 3.23. The van der Waals surface area contributed by atoms with E-state index in [1.807, 2.05) is 16.7 Å². The number of amides is 1. The van der Waals surface area contributed by atoms with Crippen LogP contribution in [0.2, 0.25) is 0 Å². The van der Waals surface area contributed by atoms with Crippen LogP contribution in [-0.2, 0) is 4.79 Å². The highest BCUT2D eigenvalue weighted by atomic mass is 16.6. The number of non-ortho nitro benzene ring substituents is 1. The monoisotopic (exact) mass is 416 g/mol. The van der Waals surface area contributed by atoms with Gasteiger partial charge in [-0.2, -0.15) is 10.1 Å². The fraction of sp³-hybridized carbons (Fsp3) is 0.0455. The summed E-state index contributed by atoms with van der Waals surface area (Å²) in [5.41, 5.74) is 2.90. The number of aromatic nitrogens is 1. The van der Waals surface area contributed by atoms with E-state index in [-0.39, 0.29) is 17.2 Å². The number of carboxylic acids is 1. The zero-order valence-electron chi connectivity index (χ0n) is 16.3. The lowest BCUT2D eigenvalue weighted by molar-refractivity contribution is -0.384. The standard InChI is InChI=1S/C22H16N4O5/c1-14-20(21(27)25(23-14)17-6-4-15(5-7-17)22(28)29)13-19-3-2-12-24(19)16-8-10-18(11-9-16)26(30)31/h2-13H,1H3,(H,28,29). The van der Waals surface area contributed by atoms with E-state index < -0.39 is 10.9 Å². The van der Waals surface area contributed by atoms with Gasteiger partial charge in [-0.15, -0.1) is 0 Å². The average molecular weight is 416 g/mol. The van der Waals surface area contributed by atoms with E-state index in [1.54, 1.807) is 31.3 Å². The van der Waals surface area contributed by atoms with E-state index in [9.17, 15) is 19.7 Å². The van der Waals surface area contributed by atoms with Gasteiger partial charge in [-0.25, -0.2) is 4.79 Å². The predicted molar refractivity (Wildman–Crippen MR) is 114 cm³/mol. The topological polar surface area (TPSA) is 118 Å². The number of hydrogen-bond acceptors (Lipinski definition) is 5. The van der Waals surface area contributed by atoms with E-state index in [0.29, 0.717) is 28.4 Å². The Hall–Kier alpha value is -4.53. The Morgan fingerprint density at radius 3 is 2.32 bits per heavy atom. The number of carbonyl (C=O) groups is 2. The van der Waals surface area contributed by atoms with Crippen molar-refractivity contribution >= 4 is 35.0 Å². The largest absolute Gasteiger partial charge is 0.478 e. The van der Waals surface area contributed by atoms with E-state index in [4.69, 9.17) is 5.11 Å². The molecule has 1 aliphatic heterocycles. The summed E-state index contributed by atoms with van der Waals surface area (Å²) in [4.78, 5) is 34.4. The van der Waals surface area contributed by atoms with E-state index in [2.05, 4.69) is 5.10 Å². The maximum atomic E-state index is 13.0. The Morgan fingerprint density at radius 1 is 1.06 bits per heavy atom. The van der Waals surface area contributed by atoms with Gasteiger partial charge in [0, 0.05) is 29.7 Å². The first-order valence-electron chi connectivity index (χ1n) is 9.22. The molecule has 0 fully saturated rings. The van der Waals surface area contributed by atoms with Gasteiger partial charge in [0.2, 0.25) is 0 Å². The van der Waals surface area contributed by atoms with Gasteiger partial charge in [-0.1, -0.05) is 0 Å². The predicted octanol–water partition coefficient (Wildman–Crippen LogP) is 3.89. The second kappa shape index (κ2) is 7.71. The summed E-state index contributed by atoms with van der Waals surface area (Å²) in [7, 11) is 0. The Kier molecular flexibility index (Phi) is 4.92. The van der Waals surface area contributed by atoms with Crippen LogP contribution in [0.3, 0.4) is 0 Å². The lowest BCUT2D eigenvalue weighted by Gasteiger charge is -2.12. The molecule has 4 rings (SSSR count). The number of hydrazone groups is 1. The van der Waals surface area contributed by atoms with Crippen LogP contribution in [-0.4, -0.2) is 32.2 Å². The molecule has 1 amide bonds. The van der Waals surface area contributed by atoms with Crippen LogP contribution in [0.1, 0.15) is 23.0 Å². The molecule has 0 unspecified atom stereocenters. The number of carbonyl (C=O) groups excluding carboxylic acids is 1. The lowest BCUT2D eigenvalue weighted by Crippen LogP contribution is -2.21. The molecule has 0 aliphatic carbocycles. The molecule has 0 spiro atoms. The number of nitrogens with zero attached hydrogens (tertiary/aromatic N) is 4. The van der Waals surface area contributed by atoms with Crippen LogP contribution in [0.4, 0.5) is 11.4 Å². The van der Waals surface area contributed by atoms with Crippen LogP contribution in [0, 0.1) is 10.1 Å². The quantitative estimate of drug-likeness (QED) is 0.385. The first kappa shape index (κ1) is 19.8. The molecule has 1 aliphatic rings. The summed E-state index contributed by atoms with van der Waals surface area (Å²) in [6.07, 6.45) is 3.50. The molecule has 1 N–H and O–H groups in total. The highest BCUT2D eigenvalue weighted by Gasteiger charge is 2.29. The van der Waals surface area contributed by atoms with Crippen LogP contribution >= 0.6 is 0 Å². The van der Waals surface area contributed by atoms with Crippen molar-refractivity contribution in [1.29, 1.82) is 0 Å². The minimum atomic E-state index is -1.05. The molecule has 0 radical (unpaired) electrons. The van der Waals surface area contributed by atoms with Crippen LogP contribution in [0.5, 0.6) is 0 Å². The molecule has 154 valence electrons. The normalized spacial score (nSPS) is 14.7. The van der Waals surface area contributed by atoms with Crippen molar-refractivity contribution in [2.45, 2.75) is 6.92 Å². The number of carboxylic acid groups (broad SMARTS) is 1. The summed E-state index contributed by atoms with van der Waals surface area (Å²) in [5, 5.41) is 25.4. The molecule has 9 heteroatoms. The zero-order valence-corrected chi connectivity index (χ0v) is 16.3. The number of benzene rings is 2. The molecule has 31 heavy (non-hydrogen) atoms. The third kappa shape index (κ3) is 3.71. The van der Waals surface area contributed by atoms with Crippen LogP contribution < -0.4 is 5.01 Å². The van der Waals surface area contributed by atoms with Crippen LogP contribution in [0.15, 0.2) is 77.5 Å². The van der Waals surface area contributed by atoms with E-state index >= 15 is 0 Å². The van der Waals surface area contributed by atoms with E-state index in [0.717, 1.165) is 0 Å². The Morgan fingerprint density at radius 2 is 1.71 bits per heavy atom.